The van der Waals surface area contributed by atoms with Crippen LogP contribution in [0.15, 0.2) is 30.5 Å². The summed E-state index contributed by atoms with van der Waals surface area (Å²) in [7, 11) is 1.57. The molecule has 2 heterocycles. The molecule has 0 aliphatic rings. The molecule has 0 bridgehead atoms. The first-order valence-corrected chi connectivity index (χ1v) is 7.13. The van der Waals surface area contributed by atoms with Gasteiger partial charge in [-0.05, 0) is 12.1 Å². The molecule has 0 fully saturated rings. The van der Waals surface area contributed by atoms with Gasteiger partial charge in [0.25, 0.3) is 0 Å². The molecular weight excluding hydrogens is 350 g/mol. The number of halogens is 5. The van der Waals surface area contributed by atoms with Gasteiger partial charge in [0.05, 0.1) is 16.8 Å². The van der Waals surface area contributed by atoms with Gasteiger partial charge in [0.1, 0.15) is 22.6 Å². The molecule has 0 amide bonds. The maximum Gasteiger partial charge on any atom is 0.159 e. The van der Waals surface area contributed by atoms with Crippen molar-refractivity contribution in [2.75, 3.05) is 0 Å². The molecule has 3 aromatic rings. The summed E-state index contributed by atoms with van der Waals surface area (Å²) in [5.74, 6) is -3.15. The van der Waals surface area contributed by atoms with Crippen LogP contribution in [0.2, 0.25) is 10.3 Å². The zero-order valence-electron chi connectivity index (χ0n) is 11.6. The van der Waals surface area contributed by atoms with Crippen molar-refractivity contribution < 1.29 is 13.2 Å². The van der Waals surface area contributed by atoms with E-state index in [1.807, 2.05) is 0 Å². The lowest BCUT2D eigenvalue weighted by molar-refractivity contribution is 0.548. The van der Waals surface area contributed by atoms with Gasteiger partial charge in [-0.15, -0.1) is 0 Å². The molecule has 0 N–H and O–H groups in total. The van der Waals surface area contributed by atoms with Crippen LogP contribution in [0, 0.1) is 17.5 Å². The lowest BCUT2D eigenvalue weighted by Gasteiger charge is -2.09. The molecule has 0 saturated heterocycles. The molecule has 2 aromatic heterocycles. The predicted molar refractivity (Wildman–Crippen MR) is 81.8 cm³/mol. The van der Waals surface area contributed by atoms with Crippen LogP contribution in [0.4, 0.5) is 13.2 Å². The van der Waals surface area contributed by atoms with Crippen molar-refractivity contribution >= 4 is 23.2 Å². The topological polar surface area (TPSA) is 30.7 Å². The van der Waals surface area contributed by atoms with Crippen LogP contribution >= 0.6 is 23.2 Å². The summed E-state index contributed by atoms with van der Waals surface area (Å²) in [6, 6.07) is 4.32. The second-order valence-corrected chi connectivity index (χ2v) is 5.50. The standard InChI is InChI=1S/C15H8Cl2F3N3/c1-23-14(7-2-3-11(16)21-6-7)13(15(17)22-23)12-9(19)4-8(18)5-10(12)20/h2-6H,1H3. The monoisotopic (exact) mass is 357 g/mol. The molecule has 3 rings (SSSR count). The van der Waals surface area contributed by atoms with E-state index in [1.165, 1.54) is 16.9 Å². The Hall–Kier alpha value is -2.05. The van der Waals surface area contributed by atoms with Gasteiger partial charge in [-0.25, -0.2) is 18.2 Å². The van der Waals surface area contributed by atoms with Gasteiger partial charge in [-0.2, -0.15) is 5.10 Å². The molecule has 1 aromatic carbocycles. The highest BCUT2D eigenvalue weighted by atomic mass is 35.5. The summed E-state index contributed by atoms with van der Waals surface area (Å²) < 4.78 is 42.8. The van der Waals surface area contributed by atoms with Crippen LogP contribution < -0.4 is 0 Å². The van der Waals surface area contributed by atoms with Crippen molar-refractivity contribution in [2.24, 2.45) is 7.05 Å². The second kappa shape index (κ2) is 5.86. The third kappa shape index (κ3) is 2.80. The Bertz CT molecular complexity index is 869. The number of aromatic nitrogens is 3. The molecule has 0 atom stereocenters. The quantitative estimate of drug-likeness (QED) is 0.612. The van der Waals surface area contributed by atoms with Crippen molar-refractivity contribution in [3.63, 3.8) is 0 Å². The van der Waals surface area contributed by atoms with E-state index < -0.39 is 23.0 Å². The fraction of sp³-hybridized carbons (Fsp3) is 0.0667. The summed E-state index contributed by atoms with van der Waals surface area (Å²) in [5, 5.41) is 4.14. The minimum Gasteiger partial charge on any atom is -0.266 e. The summed E-state index contributed by atoms with van der Waals surface area (Å²) in [5.41, 5.74) is 0.417. The average molecular weight is 358 g/mol. The Kier molecular flexibility index (Phi) is 4.04. The normalized spacial score (nSPS) is 11.0. The molecule has 0 aliphatic carbocycles. The summed E-state index contributed by atoms with van der Waals surface area (Å²) in [4.78, 5) is 3.93. The van der Waals surface area contributed by atoms with E-state index in [4.69, 9.17) is 23.2 Å². The number of nitrogens with zero attached hydrogens (tertiary/aromatic N) is 3. The van der Waals surface area contributed by atoms with Crippen molar-refractivity contribution in [1.29, 1.82) is 0 Å². The van der Waals surface area contributed by atoms with Gasteiger partial charge in [0, 0.05) is 30.9 Å². The molecule has 0 saturated carbocycles. The summed E-state index contributed by atoms with van der Waals surface area (Å²) in [6.45, 7) is 0. The molecule has 0 unspecified atom stereocenters. The highest BCUT2D eigenvalue weighted by Crippen LogP contribution is 2.39. The summed E-state index contributed by atoms with van der Waals surface area (Å²) >= 11 is 11.8. The van der Waals surface area contributed by atoms with E-state index in [9.17, 15) is 13.2 Å². The van der Waals surface area contributed by atoms with Crippen LogP contribution in [0.25, 0.3) is 22.4 Å². The number of rotatable bonds is 2. The molecule has 23 heavy (non-hydrogen) atoms. The zero-order chi connectivity index (χ0) is 16.7. The fourth-order valence-corrected chi connectivity index (χ4v) is 2.75. The smallest absolute Gasteiger partial charge is 0.159 e. The van der Waals surface area contributed by atoms with Gasteiger partial charge in [0.15, 0.2) is 5.15 Å². The van der Waals surface area contributed by atoms with Crippen LogP contribution in [0.1, 0.15) is 0 Å². The summed E-state index contributed by atoms with van der Waals surface area (Å²) in [6.07, 6.45) is 1.43. The Labute approximate surface area is 139 Å². The Morgan fingerprint density at radius 1 is 1.00 bits per heavy atom. The van der Waals surface area contributed by atoms with E-state index in [0.29, 0.717) is 23.4 Å². The van der Waals surface area contributed by atoms with Crippen LogP contribution in [0.5, 0.6) is 0 Å². The van der Waals surface area contributed by atoms with Gasteiger partial charge in [-0.1, -0.05) is 23.2 Å². The van der Waals surface area contributed by atoms with Crippen LogP contribution in [0.3, 0.4) is 0 Å². The van der Waals surface area contributed by atoms with Crippen molar-refractivity contribution in [1.82, 2.24) is 14.8 Å². The second-order valence-electron chi connectivity index (χ2n) is 4.75. The molecule has 118 valence electrons. The molecule has 0 radical (unpaired) electrons. The third-order valence-electron chi connectivity index (χ3n) is 3.26. The van der Waals surface area contributed by atoms with E-state index in [1.54, 1.807) is 13.1 Å². The predicted octanol–water partition coefficient (Wildman–Crippen LogP) is 4.87. The highest BCUT2D eigenvalue weighted by Gasteiger charge is 2.24. The number of pyridine rings is 1. The molecular formula is C15H8Cl2F3N3. The zero-order valence-corrected chi connectivity index (χ0v) is 13.1. The minimum atomic E-state index is -1.07. The molecule has 0 aliphatic heterocycles. The van der Waals surface area contributed by atoms with E-state index in [-0.39, 0.29) is 15.9 Å². The SMILES string of the molecule is Cn1nc(Cl)c(-c2c(F)cc(F)cc2F)c1-c1ccc(Cl)nc1. The average Bonchev–Trinajstić information content (AvgIpc) is 2.74. The van der Waals surface area contributed by atoms with Gasteiger partial charge in [0.2, 0.25) is 0 Å². The molecule has 8 heteroatoms. The fourth-order valence-electron chi connectivity index (χ4n) is 2.34. The van der Waals surface area contributed by atoms with E-state index in [2.05, 4.69) is 10.1 Å². The van der Waals surface area contributed by atoms with Crippen molar-refractivity contribution in [2.45, 2.75) is 0 Å². The van der Waals surface area contributed by atoms with E-state index >= 15 is 0 Å². The lowest BCUT2D eigenvalue weighted by Crippen LogP contribution is -1.97. The van der Waals surface area contributed by atoms with E-state index in [0.717, 1.165) is 0 Å². The van der Waals surface area contributed by atoms with Crippen LogP contribution in [-0.2, 0) is 7.05 Å². The Morgan fingerprint density at radius 3 is 2.22 bits per heavy atom. The molecule has 3 nitrogen and oxygen atoms in total. The number of aryl methyl sites for hydroxylation is 1. The Balaban J connectivity index is 2.32. The lowest BCUT2D eigenvalue weighted by atomic mass is 10.0. The van der Waals surface area contributed by atoms with Gasteiger partial charge < -0.3 is 0 Å². The van der Waals surface area contributed by atoms with Gasteiger partial charge >= 0.3 is 0 Å². The Morgan fingerprint density at radius 2 is 1.65 bits per heavy atom. The maximum absolute atomic E-state index is 14.1. The number of benzene rings is 1. The van der Waals surface area contributed by atoms with Gasteiger partial charge in [-0.3, -0.25) is 4.68 Å². The van der Waals surface area contributed by atoms with Crippen molar-refractivity contribution in [3.8, 4) is 22.4 Å². The first kappa shape index (κ1) is 15.8. The molecule has 0 spiro atoms. The first-order valence-electron chi connectivity index (χ1n) is 6.38. The number of hydrogen-bond acceptors (Lipinski definition) is 2. The van der Waals surface area contributed by atoms with Crippen LogP contribution in [-0.4, -0.2) is 14.8 Å². The largest absolute Gasteiger partial charge is 0.266 e. The van der Waals surface area contributed by atoms with Crippen molar-refractivity contribution in [3.05, 3.63) is 58.2 Å². The first-order chi connectivity index (χ1) is 10.9. The maximum atomic E-state index is 14.1. The highest BCUT2D eigenvalue weighted by molar-refractivity contribution is 6.33. The third-order valence-corrected chi connectivity index (χ3v) is 3.75. The number of hydrogen-bond donors (Lipinski definition) is 0. The minimum absolute atomic E-state index is 0.0216.